The molecule has 0 aromatic heterocycles. The summed E-state index contributed by atoms with van der Waals surface area (Å²) in [6.07, 6.45) is 5.11. The summed E-state index contributed by atoms with van der Waals surface area (Å²) in [6.45, 7) is 7.83. The van der Waals surface area contributed by atoms with Crippen LogP contribution in [0.1, 0.15) is 43.2 Å². The topological polar surface area (TPSA) is 42.0 Å². The molecular formula is C22H34N2O3. The Hall–Kier alpha value is -1.59. The van der Waals surface area contributed by atoms with Gasteiger partial charge in [0.25, 0.3) is 0 Å². The second-order valence-electron chi connectivity index (χ2n) is 8.27. The van der Waals surface area contributed by atoms with E-state index >= 15 is 0 Å². The van der Waals surface area contributed by atoms with Crippen LogP contribution in [0, 0.1) is 12.3 Å². The third kappa shape index (κ3) is 5.02. The minimum absolute atomic E-state index is 0.263. The van der Waals surface area contributed by atoms with Crippen molar-refractivity contribution < 1.29 is 14.3 Å². The normalized spacial score (nSPS) is 23.8. The standard InChI is InChI=1S/C22H34N2O3/c1-18-14-20(27-3)7-6-19(18)15-23-11-4-9-22(16-23)10-8-21(25)24(17-22)12-5-13-26-2/h6-7,14H,4-5,8-13,15-17H2,1-3H3/t22-/m1/s1. The van der Waals surface area contributed by atoms with Gasteiger partial charge in [-0.05, 0) is 62.4 Å². The van der Waals surface area contributed by atoms with Gasteiger partial charge in [0.15, 0.2) is 0 Å². The van der Waals surface area contributed by atoms with Gasteiger partial charge in [0, 0.05) is 51.7 Å². The molecule has 0 saturated carbocycles. The number of likely N-dealkylation sites (tertiary alicyclic amines) is 2. The summed E-state index contributed by atoms with van der Waals surface area (Å²) in [6, 6.07) is 6.36. The van der Waals surface area contributed by atoms with Crippen LogP contribution in [0.5, 0.6) is 5.75 Å². The Balaban J connectivity index is 1.63. The lowest BCUT2D eigenvalue weighted by atomic mass is 9.73. The molecule has 3 rings (SSSR count). The Labute approximate surface area is 163 Å². The number of hydrogen-bond acceptors (Lipinski definition) is 4. The fourth-order valence-electron chi connectivity index (χ4n) is 4.70. The molecule has 0 unspecified atom stereocenters. The van der Waals surface area contributed by atoms with Gasteiger partial charge in [-0.1, -0.05) is 6.07 Å². The van der Waals surface area contributed by atoms with Gasteiger partial charge in [0.2, 0.25) is 5.91 Å². The first-order valence-electron chi connectivity index (χ1n) is 10.2. The van der Waals surface area contributed by atoms with E-state index in [9.17, 15) is 4.79 Å². The fourth-order valence-corrected chi connectivity index (χ4v) is 4.70. The number of aryl methyl sites for hydroxylation is 1. The van der Waals surface area contributed by atoms with E-state index in [4.69, 9.17) is 9.47 Å². The summed E-state index contributed by atoms with van der Waals surface area (Å²) >= 11 is 0. The number of nitrogens with zero attached hydrogens (tertiary/aromatic N) is 2. The van der Waals surface area contributed by atoms with Crippen molar-refractivity contribution in [3.05, 3.63) is 29.3 Å². The molecule has 2 fully saturated rings. The van der Waals surface area contributed by atoms with E-state index in [1.165, 1.54) is 24.0 Å². The number of ether oxygens (including phenoxy) is 2. The van der Waals surface area contributed by atoms with Gasteiger partial charge >= 0.3 is 0 Å². The molecular weight excluding hydrogens is 340 g/mol. The number of benzene rings is 1. The Morgan fingerprint density at radius 1 is 1.19 bits per heavy atom. The minimum Gasteiger partial charge on any atom is -0.497 e. The van der Waals surface area contributed by atoms with Crippen LogP contribution in [-0.4, -0.2) is 62.7 Å². The summed E-state index contributed by atoms with van der Waals surface area (Å²) in [5.74, 6) is 1.24. The lowest BCUT2D eigenvalue weighted by Crippen LogP contribution is -2.54. The summed E-state index contributed by atoms with van der Waals surface area (Å²) in [7, 11) is 3.44. The van der Waals surface area contributed by atoms with Gasteiger partial charge in [0.05, 0.1) is 7.11 Å². The molecule has 1 spiro atoms. The zero-order chi connectivity index (χ0) is 19.3. The zero-order valence-corrected chi connectivity index (χ0v) is 17.1. The maximum atomic E-state index is 12.4. The van der Waals surface area contributed by atoms with E-state index in [1.807, 2.05) is 0 Å². The van der Waals surface area contributed by atoms with Crippen LogP contribution >= 0.6 is 0 Å². The quantitative estimate of drug-likeness (QED) is 0.687. The molecule has 2 saturated heterocycles. The molecule has 5 nitrogen and oxygen atoms in total. The first-order chi connectivity index (χ1) is 13.0. The molecule has 0 radical (unpaired) electrons. The molecule has 0 aliphatic carbocycles. The summed E-state index contributed by atoms with van der Waals surface area (Å²) in [5, 5.41) is 0. The molecule has 1 atom stereocenters. The summed E-state index contributed by atoms with van der Waals surface area (Å²) < 4.78 is 10.5. The number of hydrogen-bond donors (Lipinski definition) is 0. The molecule has 0 N–H and O–H groups in total. The smallest absolute Gasteiger partial charge is 0.222 e. The van der Waals surface area contributed by atoms with Crippen LogP contribution in [0.3, 0.4) is 0 Å². The molecule has 1 aromatic rings. The molecule has 1 aromatic carbocycles. The van der Waals surface area contributed by atoms with Gasteiger partial charge < -0.3 is 14.4 Å². The lowest BCUT2D eigenvalue weighted by Gasteiger charge is -2.48. The van der Waals surface area contributed by atoms with E-state index in [0.29, 0.717) is 12.3 Å². The van der Waals surface area contributed by atoms with Crippen molar-refractivity contribution >= 4 is 5.91 Å². The fraction of sp³-hybridized carbons (Fsp3) is 0.682. The van der Waals surface area contributed by atoms with Crippen molar-refractivity contribution in [2.24, 2.45) is 5.41 Å². The average Bonchev–Trinajstić information content (AvgIpc) is 2.67. The SMILES string of the molecule is COCCCN1C[C@]2(CCCN(Cc3ccc(OC)cc3C)C2)CCC1=O. The van der Waals surface area contributed by atoms with E-state index in [-0.39, 0.29) is 5.41 Å². The number of rotatable bonds is 7. The predicted octanol–water partition coefficient (Wildman–Crippen LogP) is 3.24. The number of amides is 1. The summed E-state index contributed by atoms with van der Waals surface area (Å²) in [5.41, 5.74) is 2.92. The van der Waals surface area contributed by atoms with Crippen molar-refractivity contribution in [2.45, 2.75) is 45.6 Å². The third-order valence-corrected chi connectivity index (χ3v) is 6.21. The first-order valence-corrected chi connectivity index (χ1v) is 10.2. The Morgan fingerprint density at radius 2 is 2.04 bits per heavy atom. The van der Waals surface area contributed by atoms with Crippen LogP contribution in [0.2, 0.25) is 0 Å². The molecule has 5 heteroatoms. The number of piperidine rings is 2. The van der Waals surface area contributed by atoms with Gasteiger partial charge in [-0.25, -0.2) is 0 Å². The highest BCUT2D eigenvalue weighted by Gasteiger charge is 2.41. The van der Waals surface area contributed by atoms with Gasteiger partial charge in [0.1, 0.15) is 5.75 Å². The van der Waals surface area contributed by atoms with Crippen LogP contribution in [0.4, 0.5) is 0 Å². The van der Waals surface area contributed by atoms with Crippen LogP contribution in [0.15, 0.2) is 18.2 Å². The second-order valence-corrected chi connectivity index (χ2v) is 8.27. The predicted molar refractivity (Wildman–Crippen MR) is 107 cm³/mol. The third-order valence-electron chi connectivity index (χ3n) is 6.21. The summed E-state index contributed by atoms with van der Waals surface area (Å²) in [4.78, 5) is 17.0. The van der Waals surface area contributed by atoms with Crippen molar-refractivity contribution in [1.82, 2.24) is 9.80 Å². The van der Waals surface area contributed by atoms with Crippen molar-refractivity contribution in [3.63, 3.8) is 0 Å². The Morgan fingerprint density at radius 3 is 2.78 bits per heavy atom. The van der Waals surface area contributed by atoms with E-state index < -0.39 is 0 Å². The molecule has 2 aliphatic heterocycles. The second kappa shape index (κ2) is 9.07. The lowest BCUT2D eigenvalue weighted by molar-refractivity contribution is -0.139. The molecule has 0 bridgehead atoms. The maximum Gasteiger partial charge on any atom is 0.222 e. The van der Waals surface area contributed by atoms with Gasteiger partial charge in [-0.2, -0.15) is 0 Å². The van der Waals surface area contributed by atoms with Crippen LogP contribution < -0.4 is 4.74 Å². The number of carbonyl (C=O) groups is 1. The van der Waals surface area contributed by atoms with E-state index in [0.717, 1.165) is 57.9 Å². The van der Waals surface area contributed by atoms with Gasteiger partial charge in [-0.3, -0.25) is 9.69 Å². The Bertz CT molecular complexity index is 648. The van der Waals surface area contributed by atoms with Crippen LogP contribution in [-0.2, 0) is 16.1 Å². The molecule has 27 heavy (non-hydrogen) atoms. The Kier molecular flexibility index (Phi) is 6.77. The van der Waals surface area contributed by atoms with Crippen molar-refractivity contribution in [1.29, 1.82) is 0 Å². The van der Waals surface area contributed by atoms with Crippen molar-refractivity contribution in [2.75, 3.05) is 47.0 Å². The monoisotopic (exact) mass is 374 g/mol. The highest BCUT2D eigenvalue weighted by molar-refractivity contribution is 5.77. The highest BCUT2D eigenvalue weighted by atomic mass is 16.5. The van der Waals surface area contributed by atoms with Gasteiger partial charge in [-0.15, -0.1) is 0 Å². The molecule has 2 heterocycles. The molecule has 2 aliphatic rings. The minimum atomic E-state index is 0.263. The van der Waals surface area contributed by atoms with E-state index in [2.05, 4.69) is 34.9 Å². The van der Waals surface area contributed by atoms with Crippen LogP contribution in [0.25, 0.3) is 0 Å². The number of carbonyl (C=O) groups excluding carboxylic acids is 1. The molecule has 150 valence electrons. The zero-order valence-electron chi connectivity index (χ0n) is 17.1. The largest absolute Gasteiger partial charge is 0.497 e. The molecule has 1 amide bonds. The average molecular weight is 375 g/mol. The first kappa shape index (κ1) is 20.2. The van der Waals surface area contributed by atoms with Crippen molar-refractivity contribution in [3.8, 4) is 5.75 Å². The van der Waals surface area contributed by atoms with E-state index in [1.54, 1.807) is 14.2 Å². The maximum absolute atomic E-state index is 12.4. The highest BCUT2D eigenvalue weighted by Crippen LogP contribution is 2.39. The number of methoxy groups -OCH3 is 2.